The minimum atomic E-state index is -0.886. The summed E-state index contributed by atoms with van der Waals surface area (Å²) in [6, 6.07) is 0. The SMILES string of the molecule is CCc1nsc(SCC(N)(C(N)=O)C2CC2)n1. The second-order valence-corrected chi connectivity index (χ2v) is 6.27. The van der Waals surface area contributed by atoms with Gasteiger partial charge in [-0.25, -0.2) is 4.98 Å². The van der Waals surface area contributed by atoms with Crippen LogP contribution >= 0.6 is 23.3 Å². The predicted molar refractivity (Wildman–Crippen MR) is 68.8 cm³/mol. The molecule has 0 aromatic carbocycles. The monoisotopic (exact) mass is 272 g/mol. The number of amides is 1. The molecule has 1 aliphatic carbocycles. The molecule has 4 N–H and O–H groups in total. The van der Waals surface area contributed by atoms with Gasteiger partial charge in [-0.3, -0.25) is 4.79 Å². The van der Waals surface area contributed by atoms with Crippen LogP contribution in [-0.2, 0) is 11.2 Å². The van der Waals surface area contributed by atoms with E-state index in [1.165, 1.54) is 23.3 Å². The van der Waals surface area contributed by atoms with Gasteiger partial charge in [0.2, 0.25) is 5.91 Å². The van der Waals surface area contributed by atoms with Crippen molar-refractivity contribution in [1.82, 2.24) is 9.36 Å². The molecule has 1 saturated carbocycles. The number of hydrogen-bond donors (Lipinski definition) is 2. The third-order valence-electron chi connectivity index (χ3n) is 2.96. The van der Waals surface area contributed by atoms with Gasteiger partial charge in [-0.15, -0.1) is 0 Å². The summed E-state index contributed by atoms with van der Waals surface area (Å²) in [5, 5.41) is 0. The summed E-state index contributed by atoms with van der Waals surface area (Å²) >= 11 is 2.83. The highest BCUT2D eigenvalue weighted by atomic mass is 32.2. The molecule has 1 aliphatic rings. The highest BCUT2D eigenvalue weighted by molar-refractivity contribution is 8.01. The van der Waals surface area contributed by atoms with Crippen LogP contribution in [0.25, 0.3) is 0 Å². The topological polar surface area (TPSA) is 94.9 Å². The van der Waals surface area contributed by atoms with Gasteiger partial charge >= 0.3 is 0 Å². The van der Waals surface area contributed by atoms with Crippen molar-refractivity contribution in [2.24, 2.45) is 17.4 Å². The summed E-state index contributed by atoms with van der Waals surface area (Å²) < 4.78 is 5.05. The number of rotatable bonds is 6. The van der Waals surface area contributed by atoms with E-state index < -0.39 is 11.4 Å². The maximum atomic E-state index is 11.4. The zero-order valence-corrected chi connectivity index (χ0v) is 11.3. The number of primary amides is 1. The molecule has 1 fully saturated rings. The van der Waals surface area contributed by atoms with Crippen molar-refractivity contribution in [2.75, 3.05) is 5.75 Å². The molecule has 17 heavy (non-hydrogen) atoms. The first-order chi connectivity index (χ1) is 8.06. The average molecular weight is 272 g/mol. The standard InChI is InChI=1S/C10H16N4OS2/c1-2-7-13-9(17-14-7)16-5-10(12,8(11)15)6-3-4-6/h6H,2-5,12H2,1H3,(H2,11,15). The summed E-state index contributed by atoms with van der Waals surface area (Å²) in [7, 11) is 0. The van der Waals surface area contributed by atoms with E-state index in [9.17, 15) is 4.79 Å². The van der Waals surface area contributed by atoms with Crippen LogP contribution in [0.3, 0.4) is 0 Å². The van der Waals surface area contributed by atoms with Crippen molar-refractivity contribution >= 4 is 29.2 Å². The van der Waals surface area contributed by atoms with Gasteiger partial charge in [0.25, 0.3) is 0 Å². The quantitative estimate of drug-likeness (QED) is 0.746. The molecule has 5 nitrogen and oxygen atoms in total. The third-order valence-corrected chi connectivity index (χ3v) is 5.05. The Morgan fingerprint density at radius 3 is 2.82 bits per heavy atom. The summed E-state index contributed by atoms with van der Waals surface area (Å²) in [5.74, 6) is 1.16. The van der Waals surface area contributed by atoms with E-state index in [1.54, 1.807) is 0 Å². The molecule has 2 rings (SSSR count). The maximum absolute atomic E-state index is 11.4. The van der Waals surface area contributed by atoms with Crippen molar-refractivity contribution in [3.63, 3.8) is 0 Å². The summed E-state index contributed by atoms with van der Waals surface area (Å²) in [5.41, 5.74) is 10.6. The van der Waals surface area contributed by atoms with Crippen molar-refractivity contribution in [1.29, 1.82) is 0 Å². The number of carbonyl (C=O) groups is 1. The van der Waals surface area contributed by atoms with E-state index in [0.29, 0.717) is 5.75 Å². The van der Waals surface area contributed by atoms with Gasteiger partial charge in [-0.2, -0.15) is 4.37 Å². The molecule has 1 aromatic rings. The lowest BCUT2D eigenvalue weighted by Gasteiger charge is -2.24. The Labute approximate surface area is 109 Å². The number of aromatic nitrogens is 2. The van der Waals surface area contributed by atoms with Crippen molar-refractivity contribution < 1.29 is 4.79 Å². The van der Waals surface area contributed by atoms with E-state index in [2.05, 4.69) is 9.36 Å². The van der Waals surface area contributed by atoms with Crippen LogP contribution in [0.1, 0.15) is 25.6 Å². The lowest BCUT2D eigenvalue weighted by Crippen LogP contribution is -2.56. The molecular formula is C10H16N4OS2. The maximum Gasteiger partial charge on any atom is 0.238 e. The van der Waals surface area contributed by atoms with Crippen LogP contribution in [0.2, 0.25) is 0 Å². The van der Waals surface area contributed by atoms with Crippen LogP contribution in [0.5, 0.6) is 0 Å². The number of thioether (sulfide) groups is 1. The summed E-state index contributed by atoms with van der Waals surface area (Å²) in [6.07, 6.45) is 2.82. The molecule has 1 amide bonds. The molecule has 94 valence electrons. The smallest absolute Gasteiger partial charge is 0.238 e. The highest BCUT2D eigenvalue weighted by Gasteiger charge is 2.46. The Kier molecular flexibility index (Phi) is 3.70. The van der Waals surface area contributed by atoms with Crippen molar-refractivity contribution in [3.8, 4) is 0 Å². The molecule has 1 aromatic heterocycles. The second-order valence-electron chi connectivity index (χ2n) is 4.30. The molecule has 7 heteroatoms. The molecule has 1 unspecified atom stereocenters. The Morgan fingerprint density at radius 2 is 2.35 bits per heavy atom. The molecule has 1 atom stereocenters. The molecule has 0 aliphatic heterocycles. The van der Waals surface area contributed by atoms with Crippen LogP contribution in [0, 0.1) is 5.92 Å². The van der Waals surface area contributed by atoms with Crippen LogP contribution < -0.4 is 11.5 Å². The van der Waals surface area contributed by atoms with Gasteiger partial charge in [-0.1, -0.05) is 18.7 Å². The first kappa shape index (κ1) is 12.8. The molecule has 1 heterocycles. The number of nitrogens with two attached hydrogens (primary N) is 2. The number of hydrogen-bond acceptors (Lipinski definition) is 6. The fraction of sp³-hybridized carbons (Fsp3) is 0.700. The zero-order valence-electron chi connectivity index (χ0n) is 9.68. The fourth-order valence-electron chi connectivity index (χ4n) is 1.61. The predicted octanol–water partition coefficient (Wildman–Crippen LogP) is 0.785. The van der Waals surface area contributed by atoms with Gasteiger partial charge in [-0.05, 0) is 30.3 Å². The molecule has 0 bridgehead atoms. The second kappa shape index (κ2) is 4.91. The molecule has 0 spiro atoms. The Morgan fingerprint density at radius 1 is 1.65 bits per heavy atom. The number of carbonyl (C=O) groups excluding carboxylic acids is 1. The van der Waals surface area contributed by atoms with Gasteiger partial charge < -0.3 is 11.5 Å². The number of nitrogens with zero attached hydrogens (tertiary/aromatic N) is 2. The lowest BCUT2D eigenvalue weighted by molar-refractivity contribution is -0.123. The fourth-order valence-corrected chi connectivity index (χ4v) is 3.52. The Balaban J connectivity index is 1.97. The molecular weight excluding hydrogens is 256 g/mol. The van der Waals surface area contributed by atoms with E-state index in [0.717, 1.165) is 29.4 Å². The van der Waals surface area contributed by atoms with E-state index in [-0.39, 0.29) is 5.92 Å². The van der Waals surface area contributed by atoms with E-state index in [1.807, 2.05) is 6.92 Å². The van der Waals surface area contributed by atoms with Gasteiger partial charge in [0, 0.05) is 12.2 Å². The van der Waals surface area contributed by atoms with E-state index >= 15 is 0 Å². The Hall–Kier alpha value is -0.660. The third kappa shape index (κ3) is 2.78. The normalized spacial score (nSPS) is 18.9. The van der Waals surface area contributed by atoms with Crippen LogP contribution in [0.15, 0.2) is 4.34 Å². The number of aryl methyl sites for hydroxylation is 1. The van der Waals surface area contributed by atoms with Crippen molar-refractivity contribution in [2.45, 2.75) is 36.1 Å². The molecule has 0 saturated heterocycles. The molecule has 0 radical (unpaired) electrons. The van der Waals surface area contributed by atoms with Gasteiger partial charge in [0.1, 0.15) is 11.4 Å². The Bertz CT molecular complexity index is 418. The van der Waals surface area contributed by atoms with Crippen LogP contribution in [0.4, 0.5) is 0 Å². The summed E-state index contributed by atoms with van der Waals surface area (Å²) in [4.78, 5) is 15.8. The van der Waals surface area contributed by atoms with E-state index in [4.69, 9.17) is 11.5 Å². The van der Waals surface area contributed by atoms with Gasteiger partial charge in [0.05, 0.1) is 0 Å². The average Bonchev–Trinajstić information content (AvgIpc) is 3.06. The minimum Gasteiger partial charge on any atom is -0.368 e. The first-order valence-corrected chi connectivity index (χ1v) is 7.36. The summed E-state index contributed by atoms with van der Waals surface area (Å²) in [6.45, 7) is 2.01. The zero-order chi connectivity index (χ0) is 12.5. The van der Waals surface area contributed by atoms with Gasteiger partial charge in [0.15, 0.2) is 4.34 Å². The van der Waals surface area contributed by atoms with Crippen molar-refractivity contribution in [3.05, 3.63) is 5.82 Å². The first-order valence-electron chi connectivity index (χ1n) is 5.60. The largest absolute Gasteiger partial charge is 0.368 e. The highest BCUT2D eigenvalue weighted by Crippen LogP contribution is 2.40. The minimum absolute atomic E-state index is 0.242. The van der Waals surface area contributed by atoms with Crippen LogP contribution in [-0.4, -0.2) is 26.6 Å². The lowest BCUT2D eigenvalue weighted by atomic mass is 9.96.